The number of hydrogen-bond acceptors (Lipinski definition) is 3. The van der Waals surface area contributed by atoms with Crippen LogP contribution in [0.4, 0.5) is 0 Å². The molecule has 4 nitrogen and oxygen atoms in total. The number of allylic oxidation sites excluding steroid dienone is 3. The molecule has 0 bridgehead atoms. The van der Waals surface area contributed by atoms with E-state index >= 15 is 0 Å². The van der Waals surface area contributed by atoms with E-state index in [4.69, 9.17) is 4.74 Å². The van der Waals surface area contributed by atoms with Gasteiger partial charge in [0.2, 0.25) is 0 Å². The maximum Gasteiger partial charge on any atom is 0.309 e. The predicted octanol–water partition coefficient (Wildman–Crippen LogP) is 4.75. The molecule has 0 saturated heterocycles. The number of ether oxygens (including phenoxy) is 1. The molecule has 2 aliphatic rings. The van der Waals surface area contributed by atoms with Gasteiger partial charge in [-0.25, -0.2) is 0 Å². The molecule has 4 atom stereocenters. The first kappa shape index (κ1) is 19.7. The quantitative estimate of drug-likeness (QED) is 0.410. The summed E-state index contributed by atoms with van der Waals surface area (Å²) in [6.45, 7) is 9.42. The van der Waals surface area contributed by atoms with Gasteiger partial charge < -0.3 is 9.84 Å². The third-order valence-corrected chi connectivity index (χ3v) is 6.93. The van der Waals surface area contributed by atoms with Gasteiger partial charge in [-0.3, -0.25) is 9.59 Å². The zero-order chi connectivity index (χ0) is 18.7. The summed E-state index contributed by atoms with van der Waals surface area (Å²) in [7, 11) is 0. The topological polar surface area (TPSA) is 63.6 Å². The van der Waals surface area contributed by atoms with Gasteiger partial charge in [0.05, 0.1) is 5.41 Å². The first-order chi connectivity index (χ1) is 11.8. The van der Waals surface area contributed by atoms with Crippen LogP contribution >= 0.6 is 0 Å². The molecule has 4 unspecified atom stereocenters. The van der Waals surface area contributed by atoms with E-state index in [1.54, 1.807) is 0 Å². The van der Waals surface area contributed by atoms with Crippen LogP contribution in [0.5, 0.6) is 0 Å². The average molecular weight is 348 g/mol. The van der Waals surface area contributed by atoms with Crippen LogP contribution in [0.3, 0.4) is 0 Å². The van der Waals surface area contributed by atoms with Gasteiger partial charge in [-0.05, 0) is 75.7 Å². The SMILES string of the molecule is CC(=CCOC=O)CCC1(C)C2=CCCC(C)(C(=O)O)C2CCC1C. The first-order valence-electron chi connectivity index (χ1n) is 9.40. The highest BCUT2D eigenvalue weighted by Gasteiger charge is 2.52. The zero-order valence-corrected chi connectivity index (χ0v) is 16.0. The van der Waals surface area contributed by atoms with Gasteiger partial charge in [-0.2, -0.15) is 0 Å². The van der Waals surface area contributed by atoms with Crippen LogP contribution in [0, 0.1) is 22.7 Å². The van der Waals surface area contributed by atoms with Crippen molar-refractivity contribution < 1.29 is 19.4 Å². The smallest absolute Gasteiger partial charge is 0.309 e. The number of carboxylic acids is 1. The average Bonchev–Trinajstić information content (AvgIpc) is 2.57. The first-order valence-corrected chi connectivity index (χ1v) is 9.40. The molecular formula is C21H32O4. The molecule has 0 spiro atoms. The van der Waals surface area contributed by atoms with Gasteiger partial charge in [-0.15, -0.1) is 0 Å². The van der Waals surface area contributed by atoms with Crippen LogP contribution in [0.2, 0.25) is 0 Å². The Morgan fingerprint density at radius 1 is 1.40 bits per heavy atom. The number of rotatable bonds is 7. The zero-order valence-electron chi connectivity index (χ0n) is 16.0. The predicted molar refractivity (Wildman–Crippen MR) is 98.1 cm³/mol. The number of aliphatic carboxylic acids is 1. The van der Waals surface area contributed by atoms with E-state index in [0.29, 0.717) is 19.0 Å². The van der Waals surface area contributed by atoms with Crippen molar-refractivity contribution in [3.63, 3.8) is 0 Å². The Morgan fingerprint density at radius 2 is 2.12 bits per heavy atom. The second kappa shape index (κ2) is 7.76. The van der Waals surface area contributed by atoms with Crippen LogP contribution in [0.15, 0.2) is 23.3 Å². The molecule has 1 fully saturated rings. The van der Waals surface area contributed by atoms with Crippen molar-refractivity contribution >= 4 is 12.4 Å². The molecule has 2 aliphatic carbocycles. The molecule has 4 heteroatoms. The minimum Gasteiger partial charge on any atom is -0.481 e. The second-order valence-corrected chi connectivity index (χ2v) is 8.35. The highest BCUT2D eigenvalue weighted by Crippen LogP contribution is 2.58. The van der Waals surface area contributed by atoms with Gasteiger partial charge in [0.25, 0.3) is 6.47 Å². The lowest BCUT2D eigenvalue weighted by molar-refractivity contribution is -0.152. The van der Waals surface area contributed by atoms with E-state index in [-0.39, 0.29) is 11.3 Å². The molecule has 0 aliphatic heterocycles. The third kappa shape index (κ3) is 3.83. The van der Waals surface area contributed by atoms with E-state index < -0.39 is 11.4 Å². The summed E-state index contributed by atoms with van der Waals surface area (Å²) in [6.07, 6.45) is 9.90. The molecule has 0 aromatic heterocycles. The Balaban J connectivity index is 2.20. The van der Waals surface area contributed by atoms with Crippen LogP contribution < -0.4 is 0 Å². The highest BCUT2D eigenvalue weighted by molar-refractivity contribution is 5.75. The van der Waals surface area contributed by atoms with Crippen molar-refractivity contribution in [2.75, 3.05) is 6.61 Å². The molecule has 2 rings (SSSR count). The van der Waals surface area contributed by atoms with Crippen molar-refractivity contribution in [2.24, 2.45) is 22.7 Å². The van der Waals surface area contributed by atoms with Crippen molar-refractivity contribution in [2.45, 2.75) is 66.2 Å². The Bertz CT molecular complexity index is 576. The Hall–Kier alpha value is -1.58. The van der Waals surface area contributed by atoms with E-state index in [9.17, 15) is 14.7 Å². The van der Waals surface area contributed by atoms with Gasteiger partial charge in [-0.1, -0.05) is 31.1 Å². The lowest BCUT2D eigenvalue weighted by atomic mass is 9.51. The summed E-state index contributed by atoms with van der Waals surface area (Å²) >= 11 is 0. The fraction of sp³-hybridized carbons (Fsp3) is 0.714. The summed E-state index contributed by atoms with van der Waals surface area (Å²) in [5, 5.41) is 9.83. The Kier molecular flexibility index (Phi) is 6.12. The third-order valence-electron chi connectivity index (χ3n) is 6.93. The van der Waals surface area contributed by atoms with Crippen molar-refractivity contribution in [1.29, 1.82) is 0 Å². The van der Waals surface area contributed by atoms with Crippen molar-refractivity contribution in [3.8, 4) is 0 Å². The van der Waals surface area contributed by atoms with Gasteiger partial charge in [0.15, 0.2) is 0 Å². The molecule has 1 N–H and O–H groups in total. The Labute approximate surface area is 151 Å². The highest BCUT2D eigenvalue weighted by atomic mass is 16.5. The maximum atomic E-state index is 12.0. The normalized spacial score (nSPS) is 35.5. The molecule has 1 saturated carbocycles. The molecular weight excluding hydrogens is 316 g/mol. The summed E-state index contributed by atoms with van der Waals surface area (Å²) in [5.74, 6) is 0.0508. The molecule has 0 heterocycles. The molecule has 25 heavy (non-hydrogen) atoms. The minimum absolute atomic E-state index is 0.0423. The standard InChI is InChI=1S/C21H32O4/c1-15(10-13-25-14-22)9-12-20(3)16(2)7-8-18-17(20)6-5-11-21(18,4)19(23)24/h6,10,14,16,18H,5,7-9,11-13H2,1-4H3,(H,23,24). The monoisotopic (exact) mass is 348 g/mol. The van der Waals surface area contributed by atoms with E-state index in [1.165, 1.54) is 11.1 Å². The number of carbonyl (C=O) groups excluding carboxylic acids is 1. The molecule has 0 aromatic rings. The summed E-state index contributed by atoms with van der Waals surface area (Å²) in [6, 6.07) is 0. The molecule has 0 aromatic carbocycles. The van der Waals surface area contributed by atoms with Crippen LogP contribution in [0.25, 0.3) is 0 Å². The van der Waals surface area contributed by atoms with E-state index in [1.807, 2.05) is 13.0 Å². The molecule has 0 amide bonds. The molecule has 140 valence electrons. The minimum atomic E-state index is -0.651. The van der Waals surface area contributed by atoms with Crippen LogP contribution in [-0.2, 0) is 14.3 Å². The number of carbonyl (C=O) groups is 2. The van der Waals surface area contributed by atoms with Crippen LogP contribution in [0.1, 0.15) is 66.2 Å². The lowest BCUT2D eigenvalue weighted by Crippen LogP contribution is -2.47. The van der Waals surface area contributed by atoms with Crippen molar-refractivity contribution in [3.05, 3.63) is 23.3 Å². The summed E-state index contributed by atoms with van der Waals surface area (Å²) in [4.78, 5) is 22.2. The van der Waals surface area contributed by atoms with E-state index in [0.717, 1.165) is 38.5 Å². The van der Waals surface area contributed by atoms with Gasteiger partial charge in [0, 0.05) is 0 Å². The lowest BCUT2D eigenvalue weighted by Gasteiger charge is -2.52. The van der Waals surface area contributed by atoms with E-state index in [2.05, 4.69) is 26.8 Å². The number of carboxylic acid groups (broad SMARTS) is 1. The fourth-order valence-electron chi connectivity index (χ4n) is 4.75. The van der Waals surface area contributed by atoms with Gasteiger partial charge >= 0.3 is 5.97 Å². The van der Waals surface area contributed by atoms with Gasteiger partial charge in [0.1, 0.15) is 6.61 Å². The summed E-state index contributed by atoms with van der Waals surface area (Å²) in [5.41, 5.74) is 2.00. The number of fused-ring (bicyclic) bond motifs is 1. The Morgan fingerprint density at radius 3 is 2.76 bits per heavy atom. The molecule has 0 radical (unpaired) electrons. The van der Waals surface area contributed by atoms with Crippen molar-refractivity contribution in [1.82, 2.24) is 0 Å². The van der Waals surface area contributed by atoms with Crippen LogP contribution in [-0.4, -0.2) is 24.2 Å². The maximum absolute atomic E-state index is 12.0. The fourth-order valence-corrected chi connectivity index (χ4v) is 4.75. The number of hydrogen-bond donors (Lipinski definition) is 1. The summed E-state index contributed by atoms with van der Waals surface area (Å²) < 4.78 is 4.75. The largest absolute Gasteiger partial charge is 0.481 e. The second-order valence-electron chi connectivity index (χ2n) is 8.35.